The summed E-state index contributed by atoms with van der Waals surface area (Å²) in [5.74, 6) is 0.414. The number of hydrogen-bond acceptors (Lipinski definition) is 2. The molecule has 0 amide bonds. The number of benzene rings is 2. The number of rotatable bonds is 4. The molecule has 1 saturated carbocycles. The summed E-state index contributed by atoms with van der Waals surface area (Å²) >= 11 is 0. The third-order valence-corrected chi connectivity index (χ3v) is 3.80. The number of halogens is 1. The van der Waals surface area contributed by atoms with E-state index in [4.69, 9.17) is 0 Å². The van der Waals surface area contributed by atoms with Crippen molar-refractivity contribution in [3.05, 3.63) is 65.0 Å². The zero-order valence-corrected chi connectivity index (χ0v) is 11.9. The second-order valence-corrected chi connectivity index (χ2v) is 5.66. The molecule has 1 fully saturated rings. The second kappa shape index (κ2) is 5.57. The van der Waals surface area contributed by atoms with Gasteiger partial charge in [-0.25, -0.2) is 4.39 Å². The van der Waals surface area contributed by atoms with Crippen molar-refractivity contribution in [3.63, 3.8) is 0 Å². The van der Waals surface area contributed by atoms with Gasteiger partial charge in [0.2, 0.25) is 0 Å². The van der Waals surface area contributed by atoms with E-state index in [-0.39, 0.29) is 5.82 Å². The lowest BCUT2D eigenvalue weighted by Gasteiger charge is -2.14. The number of hydrogen-bond donors (Lipinski definition) is 1. The van der Waals surface area contributed by atoms with Crippen LogP contribution in [0.25, 0.3) is 0 Å². The van der Waals surface area contributed by atoms with Crippen molar-refractivity contribution in [2.75, 3.05) is 5.32 Å². The van der Waals surface area contributed by atoms with Gasteiger partial charge in [-0.2, -0.15) is 5.26 Å². The molecule has 1 N–H and O–H groups in total. The molecule has 0 spiro atoms. The zero-order valence-electron chi connectivity index (χ0n) is 11.9. The summed E-state index contributed by atoms with van der Waals surface area (Å²) in [6.07, 6.45) is 2.53. The van der Waals surface area contributed by atoms with E-state index in [2.05, 4.69) is 23.5 Å². The predicted molar refractivity (Wildman–Crippen MR) is 81.5 cm³/mol. The van der Waals surface area contributed by atoms with E-state index in [1.54, 1.807) is 0 Å². The zero-order chi connectivity index (χ0) is 14.8. The van der Waals surface area contributed by atoms with E-state index < -0.39 is 6.04 Å². The maximum Gasteiger partial charge on any atom is 0.140 e. The summed E-state index contributed by atoms with van der Waals surface area (Å²) in [7, 11) is 0. The van der Waals surface area contributed by atoms with Crippen LogP contribution in [0.15, 0.2) is 42.5 Å². The molecule has 2 aromatic rings. The monoisotopic (exact) mass is 280 g/mol. The summed E-state index contributed by atoms with van der Waals surface area (Å²) in [5.41, 5.74) is 3.71. The van der Waals surface area contributed by atoms with Gasteiger partial charge in [-0.3, -0.25) is 0 Å². The van der Waals surface area contributed by atoms with Gasteiger partial charge in [0.1, 0.15) is 11.9 Å². The van der Waals surface area contributed by atoms with Gasteiger partial charge in [0.05, 0.1) is 6.07 Å². The summed E-state index contributed by atoms with van der Waals surface area (Å²) in [6, 6.07) is 14.6. The molecule has 2 nitrogen and oxygen atoms in total. The van der Waals surface area contributed by atoms with Crippen molar-refractivity contribution in [3.8, 4) is 6.07 Å². The Morgan fingerprint density at radius 2 is 1.90 bits per heavy atom. The molecule has 3 rings (SSSR count). The van der Waals surface area contributed by atoms with Crippen molar-refractivity contribution >= 4 is 5.69 Å². The summed E-state index contributed by atoms with van der Waals surface area (Å²) < 4.78 is 13.4. The molecule has 0 saturated heterocycles. The fourth-order valence-corrected chi connectivity index (χ4v) is 2.55. The Bertz CT molecular complexity index is 661. The molecule has 0 aliphatic heterocycles. The van der Waals surface area contributed by atoms with Crippen LogP contribution in [0.5, 0.6) is 0 Å². The first-order chi connectivity index (χ1) is 10.2. The lowest BCUT2D eigenvalue weighted by Crippen LogP contribution is -2.08. The first-order valence-corrected chi connectivity index (χ1v) is 7.19. The van der Waals surface area contributed by atoms with Crippen LogP contribution in [0, 0.1) is 24.1 Å². The summed E-state index contributed by atoms with van der Waals surface area (Å²) in [5, 5.41) is 12.5. The molecule has 0 aromatic heterocycles. The highest BCUT2D eigenvalue weighted by molar-refractivity contribution is 5.50. The van der Waals surface area contributed by atoms with E-state index >= 15 is 0 Å². The van der Waals surface area contributed by atoms with Gasteiger partial charge in [-0.05, 0) is 60.6 Å². The highest BCUT2D eigenvalue weighted by Crippen LogP contribution is 2.40. The smallest absolute Gasteiger partial charge is 0.140 e. The lowest BCUT2D eigenvalue weighted by molar-refractivity contribution is 0.627. The first-order valence-electron chi connectivity index (χ1n) is 7.19. The highest BCUT2D eigenvalue weighted by atomic mass is 19.1. The van der Waals surface area contributed by atoms with Crippen LogP contribution in [-0.4, -0.2) is 0 Å². The van der Waals surface area contributed by atoms with Gasteiger partial charge in [0.15, 0.2) is 0 Å². The molecule has 3 heteroatoms. The van der Waals surface area contributed by atoms with Crippen LogP contribution < -0.4 is 5.32 Å². The van der Waals surface area contributed by atoms with Gasteiger partial charge < -0.3 is 5.32 Å². The molecule has 1 aliphatic rings. The van der Waals surface area contributed by atoms with Crippen LogP contribution in [0.4, 0.5) is 10.1 Å². The van der Waals surface area contributed by atoms with Crippen molar-refractivity contribution in [1.82, 2.24) is 0 Å². The second-order valence-electron chi connectivity index (χ2n) is 5.66. The molecule has 0 heterocycles. The Balaban J connectivity index is 1.79. The summed E-state index contributed by atoms with van der Waals surface area (Å²) in [6.45, 7) is 1.83. The summed E-state index contributed by atoms with van der Waals surface area (Å²) in [4.78, 5) is 0. The van der Waals surface area contributed by atoms with Gasteiger partial charge in [-0.1, -0.05) is 24.3 Å². The Hall–Kier alpha value is -2.34. The Kier molecular flexibility index (Phi) is 3.62. The third-order valence-electron chi connectivity index (χ3n) is 3.80. The molecule has 21 heavy (non-hydrogen) atoms. The number of nitriles is 1. The lowest BCUT2D eigenvalue weighted by atomic mass is 10.0. The minimum absolute atomic E-state index is 0.293. The van der Waals surface area contributed by atoms with Crippen molar-refractivity contribution in [1.29, 1.82) is 5.26 Å². The van der Waals surface area contributed by atoms with Crippen LogP contribution in [0.1, 0.15) is 41.5 Å². The van der Waals surface area contributed by atoms with Crippen LogP contribution >= 0.6 is 0 Å². The third kappa shape index (κ3) is 3.22. The topological polar surface area (TPSA) is 35.8 Å². The molecule has 0 bridgehead atoms. The van der Waals surface area contributed by atoms with E-state index in [1.165, 1.54) is 30.5 Å². The van der Waals surface area contributed by atoms with Gasteiger partial charge in [0, 0.05) is 5.69 Å². The normalized spacial score (nSPS) is 15.3. The Morgan fingerprint density at radius 1 is 1.19 bits per heavy atom. The molecule has 1 atom stereocenters. The van der Waals surface area contributed by atoms with Crippen molar-refractivity contribution in [2.45, 2.75) is 31.7 Å². The number of aryl methyl sites for hydroxylation is 1. The maximum atomic E-state index is 13.4. The van der Waals surface area contributed by atoms with Gasteiger partial charge >= 0.3 is 0 Å². The number of nitrogens with one attached hydrogen (secondary N) is 1. The van der Waals surface area contributed by atoms with Crippen LogP contribution in [0.2, 0.25) is 0 Å². The van der Waals surface area contributed by atoms with Crippen molar-refractivity contribution < 1.29 is 4.39 Å². The first kappa shape index (κ1) is 13.6. The minimum Gasteiger partial charge on any atom is -0.366 e. The minimum atomic E-state index is -0.473. The molecule has 0 radical (unpaired) electrons. The molecular formula is C18H17FN2. The largest absolute Gasteiger partial charge is 0.366 e. The van der Waals surface area contributed by atoms with Gasteiger partial charge in [0.25, 0.3) is 0 Å². The molecule has 1 unspecified atom stereocenters. The van der Waals surface area contributed by atoms with E-state index in [0.717, 1.165) is 11.1 Å². The average molecular weight is 280 g/mol. The van der Waals surface area contributed by atoms with Crippen molar-refractivity contribution in [2.24, 2.45) is 0 Å². The Morgan fingerprint density at radius 3 is 2.48 bits per heavy atom. The molecule has 2 aromatic carbocycles. The van der Waals surface area contributed by atoms with E-state index in [1.807, 2.05) is 25.1 Å². The fourth-order valence-electron chi connectivity index (χ4n) is 2.55. The van der Waals surface area contributed by atoms with Crippen LogP contribution in [0.3, 0.4) is 0 Å². The van der Waals surface area contributed by atoms with E-state index in [9.17, 15) is 9.65 Å². The molecule has 106 valence electrons. The fraction of sp³-hybridized carbons (Fsp3) is 0.278. The molecular weight excluding hydrogens is 263 g/mol. The maximum absolute atomic E-state index is 13.4. The van der Waals surface area contributed by atoms with Crippen LogP contribution in [-0.2, 0) is 0 Å². The average Bonchev–Trinajstić information content (AvgIpc) is 3.28. The van der Waals surface area contributed by atoms with Gasteiger partial charge in [-0.15, -0.1) is 0 Å². The van der Waals surface area contributed by atoms with E-state index in [0.29, 0.717) is 11.6 Å². The standard InChI is InChI=1S/C18H17FN2/c1-12-8-16(19)10-17(9-12)21-18(11-20)15-6-4-14(5-7-15)13-2-3-13/h4-10,13,18,21H,2-3H2,1H3. The Labute approximate surface area is 124 Å². The SMILES string of the molecule is Cc1cc(F)cc(NC(C#N)c2ccc(C3CC3)cc2)c1. The molecule has 1 aliphatic carbocycles. The number of anilines is 1. The predicted octanol–water partition coefficient (Wildman–Crippen LogP) is 4.69. The number of nitrogens with zero attached hydrogens (tertiary/aromatic N) is 1. The highest BCUT2D eigenvalue weighted by Gasteiger charge is 2.23. The quantitative estimate of drug-likeness (QED) is 0.882.